The van der Waals surface area contributed by atoms with Crippen molar-refractivity contribution in [1.29, 1.82) is 0 Å². The molecule has 29 heavy (non-hydrogen) atoms. The van der Waals surface area contributed by atoms with Crippen LogP contribution in [0.15, 0.2) is 42.5 Å². The first-order chi connectivity index (χ1) is 14.2. The van der Waals surface area contributed by atoms with Crippen molar-refractivity contribution in [1.82, 2.24) is 0 Å². The summed E-state index contributed by atoms with van der Waals surface area (Å²) in [5.41, 5.74) is 2.40. The molecule has 1 fully saturated rings. The molecule has 0 unspecified atom stereocenters. The number of ketones is 1. The number of Topliss-reactive ketones (excluding diaryl/α,β-unsaturated/α-hetero) is 1. The number of para-hydroxylation sites is 2. The Kier molecular flexibility index (Phi) is 5.98. The van der Waals surface area contributed by atoms with Crippen molar-refractivity contribution < 1.29 is 19.1 Å². The molecular formula is C23H26N2O4. The monoisotopic (exact) mass is 394 g/mol. The number of rotatable bonds is 6. The van der Waals surface area contributed by atoms with Crippen molar-refractivity contribution in [2.45, 2.75) is 32.1 Å². The lowest BCUT2D eigenvalue weighted by Gasteiger charge is -2.21. The second-order valence-electron chi connectivity index (χ2n) is 7.39. The highest BCUT2D eigenvalue weighted by Crippen LogP contribution is 2.31. The van der Waals surface area contributed by atoms with Crippen molar-refractivity contribution >= 4 is 23.1 Å². The van der Waals surface area contributed by atoms with Gasteiger partial charge in [-0.15, -0.1) is 0 Å². The number of nitrogens with one attached hydrogen (secondary N) is 1. The van der Waals surface area contributed by atoms with Gasteiger partial charge in [0.05, 0.1) is 24.6 Å². The number of carbonyl (C=O) groups excluding carboxylic acids is 2. The van der Waals surface area contributed by atoms with E-state index in [1.165, 1.54) is 12.8 Å². The summed E-state index contributed by atoms with van der Waals surface area (Å²) in [5.74, 6) is 1.02. The van der Waals surface area contributed by atoms with Gasteiger partial charge >= 0.3 is 0 Å². The van der Waals surface area contributed by atoms with Gasteiger partial charge < -0.3 is 19.7 Å². The van der Waals surface area contributed by atoms with E-state index in [1.54, 1.807) is 18.2 Å². The van der Waals surface area contributed by atoms with Crippen molar-refractivity contribution in [3.63, 3.8) is 0 Å². The quantitative estimate of drug-likeness (QED) is 0.749. The number of benzene rings is 2. The van der Waals surface area contributed by atoms with Crippen molar-refractivity contribution in [2.24, 2.45) is 0 Å². The van der Waals surface area contributed by atoms with Gasteiger partial charge in [0.2, 0.25) is 5.91 Å². The second-order valence-corrected chi connectivity index (χ2v) is 7.39. The molecule has 0 aromatic heterocycles. The number of amides is 1. The van der Waals surface area contributed by atoms with E-state index in [9.17, 15) is 9.59 Å². The maximum Gasteiger partial charge on any atom is 0.224 e. The third kappa shape index (κ3) is 4.70. The topological polar surface area (TPSA) is 67.9 Å². The summed E-state index contributed by atoms with van der Waals surface area (Å²) >= 11 is 0. The molecule has 2 heterocycles. The number of ether oxygens (including phenoxy) is 2. The molecule has 2 aliphatic rings. The first-order valence-corrected chi connectivity index (χ1v) is 10.3. The Morgan fingerprint density at radius 2 is 1.66 bits per heavy atom. The van der Waals surface area contributed by atoms with Gasteiger partial charge in [0, 0.05) is 37.9 Å². The molecular weight excluding hydrogens is 368 g/mol. The van der Waals surface area contributed by atoms with E-state index >= 15 is 0 Å². The van der Waals surface area contributed by atoms with Gasteiger partial charge in [-0.2, -0.15) is 0 Å². The number of fused-ring (bicyclic) bond motifs is 1. The molecule has 0 aliphatic carbocycles. The third-order valence-electron chi connectivity index (χ3n) is 5.27. The van der Waals surface area contributed by atoms with E-state index in [2.05, 4.69) is 10.2 Å². The zero-order chi connectivity index (χ0) is 20.1. The predicted molar refractivity (Wildman–Crippen MR) is 112 cm³/mol. The fraction of sp³-hybridized carbons (Fsp3) is 0.391. The molecule has 1 saturated heterocycles. The maximum absolute atomic E-state index is 12.6. The van der Waals surface area contributed by atoms with Crippen LogP contribution in [0.1, 0.15) is 42.5 Å². The van der Waals surface area contributed by atoms with Crippen LogP contribution in [0.4, 0.5) is 11.4 Å². The molecule has 1 amide bonds. The van der Waals surface area contributed by atoms with Crippen LogP contribution in [0.3, 0.4) is 0 Å². The predicted octanol–water partition coefficient (Wildman–Crippen LogP) is 4.05. The van der Waals surface area contributed by atoms with Crippen LogP contribution in [0.25, 0.3) is 0 Å². The average Bonchev–Trinajstić information content (AvgIpc) is 3.17. The van der Waals surface area contributed by atoms with Gasteiger partial charge in [-0.05, 0) is 43.2 Å². The Hall–Kier alpha value is -3.02. The summed E-state index contributed by atoms with van der Waals surface area (Å²) in [6, 6.07) is 13.1. The van der Waals surface area contributed by atoms with Gasteiger partial charge in [-0.3, -0.25) is 9.59 Å². The highest BCUT2D eigenvalue weighted by Gasteiger charge is 2.18. The summed E-state index contributed by atoms with van der Waals surface area (Å²) in [4.78, 5) is 27.3. The molecule has 0 bridgehead atoms. The molecule has 0 spiro atoms. The lowest BCUT2D eigenvalue weighted by atomic mass is 10.1. The summed E-state index contributed by atoms with van der Waals surface area (Å²) < 4.78 is 11.2. The Labute approximate surface area is 170 Å². The van der Waals surface area contributed by atoms with Crippen LogP contribution < -0.4 is 19.7 Å². The summed E-state index contributed by atoms with van der Waals surface area (Å²) in [5, 5.41) is 2.97. The minimum absolute atomic E-state index is 0.0800. The van der Waals surface area contributed by atoms with Crippen molar-refractivity contribution in [3.05, 3.63) is 48.0 Å². The molecule has 0 atom stereocenters. The van der Waals surface area contributed by atoms with Crippen LogP contribution in [0, 0.1) is 0 Å². The zero-order valence-corrected chi connectivity index (χ0v) is 16.5. The van der Waals surface area contributed by atoms with Crippen LogP contribution >= 0.6 is 0 Å². The van der Waals surface area contributed by atoms with Gasteiger partial charge in [-0.1, -0.05) is 12.1 Å². The van der Waals surface area contributed by atoms with Gasteiger partial charge in [0.1, 0.15) is 0 Å². The maximum atomic E-state index is 12.6. The highest BCUT2D eigenvalue weighted by atomic mass is 16.5. The SMILES string of the molecule is O=C(CCC(=O)c1ccc2c(c1)OCCCO2)Nc1ccccc1N1CCCC1. The standard InChI is InChI=1S/C23H26N2O4/c26-20(17-8-10-21-22(16-17)29-15-5-14-28-21)9-11-23(27)24-18-6-1-2-7-19(18)25-12-3-4-13-25/h1-2,6-8,10,16H,3-5,9,11-15H2,(H,24,27). The Balaban J connectivity index is 1.35. The normalized spacial score (nSPS) is 15.7. The molecule has 2 aliphatic heterocycles. The van der Waals surface area contributed by atoms with E-state index in [1.807, 2.05) is 24.3 Å². The number of nitrogens with zero attached hydrogens (tertiary/aromatic N) is 1. The van der Waals surface area contributed by atoms with E-state index in [4.69, 9.17) is 9.47 Å². The largest absolute Gasteiger partial charge is 0.490 e. The van der Waals surface area contributed by atoms with Crippen LogP contribution in [-0.4, -0.2) is 38.0 Å². The van der Waals surface area contributed by atoms with Crippen LogP contribution in [-0.2, 0) is 4.79 Å². The Morgan fingerprint density at radius 1 is 0.897 bits per heavy atom. The fourth-order valence-electron chi connectivity index (χ4n) is 3.73. The molecule has 4 rings (SSSR count). The highest BCUT2D eigenvalue weighted by molar-refractivity contribution is 6.01. The zero-order valence-electron chi connectivity index (χ0n) is 16.5. The summed E-state index contributed by atoms with van der Waals surface area (Å²) in [6.45, 7) is 3.20. The summed E-state index contributed by atoms with van der Waals surface area (Å²) in [7, 11) is 0. The number of anilines is 2. The first-order valence-electron chi connectivity index (χ1n) is 10.3. The minimum Gasteiger partial charge on any atom is -0.490 e. The summed E-state index contributed by atoms with van der Waals surface area (Å²) in [6.07, 6.45) is 3.45. The lowest BCUT2D eigenvalue weighted by Crippen LogP contribution is -2.21. The second kappa shape index (κ2) is 8.99. The molecule has 0 saturated carbocycles. The number of carbonyl (C=O) groups is 2. The number of hydrogen-bond donors (Lipinski definition) is 1. The Bertz CT molecular complexity index is 890. The molecule has 0 radical (unpaired) electrons. The molecule has 2 aromatic carbocycles. The van der Waals surface area contributed by atoms with E-state index in [0.29, 0.717) is 30.3 Å². The average molecular weight is 394 g/mol. The van der Waals surface area contributed by atoms with Gasteiger partial charge in [0.25, 0.3) is 0 Å². The Morgan fingerprint density at radius 3 is 2.48 bits per heavy atom. The first kappa shape index (κ1) is 19.3. The molecule has 2 aromatic rings. The molecule has 152 valence electrons. The van der Waals surface area contributed by atoms with Crippen LogP contribution in [0.2, 0.25) is 0 Å². The number of hydrogen-bond acceptors (Lipinski definition) is 5. The smallest absolute Gasteiger partial charge is 0.224 e. The molecule has 6 heteroatoms. The van der Waals surface area contributed by atoms with Gasteiger partial charge in [0.15, 0.2) is 17.3 Å². The third-order valence-corrected chi connectivity index (χ3v) is 5.27. The minimum atomic E-state index is -0.153. The van der Waals surface area contributed by atoms with E-state index < -0.39 is 0 Å². The van der Waals surface area contributed by atoms with Crippen LogP contribution in [0.5, 0.6) is 11.5 Å². The van der Waals surface area contributed by atoms with Gasteiger partial charge in [-0.25, -0.2) is 0 Å². The lowest BCUT2D eigenvalue weighted by molar-refractivity contribution is -0.116. The van der Waals surface area contributed by atoms with Crippen molar-refractivity contribution in [2.75, 3.05) is 36.5 Å². The van der Waals surface area contributed by atoms with Crippen molar-refractivity contribution in [3.8, 4) is 11.5 Å². The fourth-order valence-corrected chi connectivity index (χ4v) is 3.73. The molecule has 1 N–H and O–H groups in total. The van der Waals surface area contributed by atoms with E-state index in [0.717, 1.165) is 30.9 Å². The molecule has 6 nitrogen and oxygen atoms in total. The van der Waals surface area contributed by atoms with E-state index in [-0.39, 0.29) is 24.5 Å².